The molecule has 0 amide bonds. The van der Waals surface area contributed by atoms with Crippen molar-refractivity contribution >= 4 is 0 Å². The Morgan fingerprint density at radius 3 is 2.69 bits per heavy atom. The second-order valence-corrected chi connectivity index (χ2v) is 4.19. The van der Waals surface area contributed by atoms with Gasteiger partial charge in [-0.1, -0.05) is 31.9 Å². The van der Waals surface area contributed by atoms with E-state index in [0.29, 0.717) is 6.54 Å². The zero-order valence-corrected chi connectivity index (χ0v) is 9.95. The average Bonchev–Trinajstić information content (AvgIpc) is 2.30. The van der Waals surface area contributed by atoms with Crippen LogP contribution in [0.15, 0.2) is 18.2 Å². The van der Waals surface area contributed by atoms with Crippen LogP contribution in [0.4, 0.5) is 0 Å². The van der Waals surface area contributed by atoms with Gasteiger partial charge in [0.15, 0.2) is 0 Å². The molecular weight excluding hydrogens is 200 g/mol. The Bertz CT molecular complexity index is 326. The molecule has 0 saturated carbocycles. The molecule has 0 fully saturated rings. The molecule has 0 spiro atoms. The van der Waals surface area contributed by atoms with Crippen LogP contribution in [-0.2, 0) is 6.42 Å². The van der Waals surface area contributed by atoms with E-state index in [2.05, 4.69) is 6.92 Å². The SMILES string of the molecule is CCCCCc1ccc(O)c([C@@H](N)CN)c1. The van der Waals surface area contributed by atoms with Gasteiger partial charge in [0.05, 0.1) is 0 Å². The maximum atomic E-state index is 9.67. The number of nitrogens with two attached hydrogens (primary N) is 2. The molecule has 0 radical (unpaired) electrons. The van der Waals surface area contributed by atoms with E-state index < -0.39 is 0 Å². The van der Waals surface area contributed by atoms with Crippen molar-refractivity contribution < 1.29 is 5.11 Å². The molecular formula is C13H22N2O. The quantitative estimate of drug-likeness (QED) is 0.645. The monoisotopic (exact) mass is 222 g/mol. The molecule has 16 heavy (non-hydrogen) atoms. The van der Waals surface area contributed by atoms with Crippen LogP contribution in [0.3, 0.4) is 0 Å². The van der Waals surface area contributed by atoms with Crippen molar-refractivity contribution in [3.63, 3.8) is 0 Å². The predicted molar refractivity (Wildman–Crippen MR) is 67.3 cm³/mol. The maximum absolute atomic E-state index is 9.67. The number of unbranched alkanes of at least 4 members (excludes halogenated alkanes) is 2. The van der Waals surface area contributed by atoms with Crippen molar-refractivity contribution in [2.75, 3.05) is 6.54 Å². The third-order valence-corrected chi connectivity index (χ3v) is 2.81. The third-order valence-electron chi connectivity index (χ3n) is 2.81. The van der Waals surface area contributed by atoms with E-state index in [-0.39, 0.29) is 11.8 Å². The molecule has 0 unspecified atom stereocenters. The molecule has 0 bridgehead atoms. The number of phenols is 1. The van der Waals surface area contributed by atoms with Gasteiger partial charge in [-0.05, 0) is 24.5 Å². The average molecular weight is 222 g/mol. The van der Waals surface area contributed by atoms with Crippen molar-refractivity contribution in [1.82, 2.24) is 0 Å². The lowest BCUT2D eigenvalue weighted by molar-refractivity contribution is 0.461. The van der Waals surface area contributed by atoms with Crippen LogP contribution < -0.4 is 11.5 Å². The lowest BCUT2D eigenvalue weighted by Crippen LogP contribution is -2.20. The standard InChI is InChI=1S/C13H22N2O/c1-2-3-4-5-10-6-7-13(16)11(8-10)12(15)9-14/h6-8,12,16H,2-5,9,14-15H2,1H3/t12-/m0/s1. The Morgan fingerprint density at radius 1 is 1.31 bits per heavy atom. The van der Waals surface area contributed by atoms with Crippen LogP contribution in [0.2, 0.25) is 0 Å². The summed E-state index contributed by atoms with van der Waals surface area (Å²) in [6.45, 7) is 2.54. The van der Waals surface area contributed by atoms with Crippen molar-refractivity contribution in [1.29, 1.82) is 0 Å². The Hall–Kier alpha value is -1.06. The van der Waals surface area contributed by atoms with Gasteiger partial charge in [-0.2, -0.15) is 0 Å². The lowest BCUT2D eigenvalue weighted by atomic mass is 10.00. The van der Waals surface area contributed by atoms with E-state index in [4.69, 9.17) is 11.5 Å². The van der Waals surface area contributed by atoms with Gasteiger partial charge in [-0.15, -0.1) is 0 Å². The Kier molecular flexibility index (Phi) is 5.29. The number of hydrogen-bond acceptors (Lipinski definition) is 3. The number of aryl methyl sites for hydroxylation is 1. The number of hydrogen-bond donors (Lipinski definition) is 3. The topological polar surface area (TPSA) is 72.3 Å². The number of phenolic OH excluding ortho intramolecular Hbond substituents is 1. The van der Waals surface area contributed by atoms with E-state index >= 15 is 0 Å². The first kappa shape index (κ1) is 13.0. The molecule has 0 aliphatic carbocycles. The van der Waals surface area contributed by atoms with Crippen molar-refractivity contribution in [3.8, 4) is 5.75 Å². The van der Waals surface area contributed by atoms with E-state index in [1.807, 2.05) is 12.1 Å². The first-order valence-electron chi connectivity index (χ1n) is 5.96. The highest BCUT2D eigenvalue weighted by Gasteiger charge is 2.09. The molecule has 1 rings (SSSR count). The van der Waals surface area contributed by atoms with Crippen LogP contribution in [0.5, 0.6) is 5.75 Å². The molecule has 0 aliphatic rings. The normalized spacial score (nSPS) is 12.7. The fourth-order valence-electron chi connectivity index (χ4n) is 1.76. The highest BCUT2D eigenvalue weighted by atomic mass is 16.3. The summed E-state index contributed by atoms with van der Waals surface area (Å²) in [5, 5.41) is 9.67. The summed E-state index contributed by atoms with van der Waals surface area (Å²) >= 11 is 0. The van der Waals surface area contributed by atoms with Crippen molar-refractivity contribution in [2.45, 2.75) is 38.6 Å². The van der Waals surface area contributed by atoms with E-state index in [1.165, 1.54) is 24.8 Å². The molecule has 0 saturated heterocycles. The summed E-state index contributed by atoms with van der Waals surface area (Å²) in [6.07, 6.45) is 4.67. The van der Waals surface area contributed by atoms with Crippen molar-refractivity contribution in [2.24, 2.45) is 11.5 Å². The minimum Gasteiger partial charge on any atom is -0.508 e. The first-order chi connectivity index (χ1) is 7.69. The van der Waals surface area contributed by atoms with Gasteiger partial charge < -0.3 is 16.6 Å². The molecule has 0 heterocycles. The molecule has 0 aromatic heterocycles. The Labute approximate surface area is 97.5 Å². The van der Waals surface area contributed by atoms with Crippen LogP contribution in [0.25, 0.3) is 0 Å². The second-order valence-electron chi connectivity index (χ2n) is 4.19. The molecule has 1 atom stereocenters. The fraction of sp³-hybridized carbons (Fsp3) is 0.538. The minimum atomic E-state index is -0.272. The largest absolute Gasteiger partial charge is 0.508 e. The van der Waals surface area contributed by atoms with Gasteiger partial charge in [0.2, 0.25) is 0 Å². The number of rotatable bonds is 6. The van der Waals surface area contributed by atoms with Crippen molar-refractivity contribution in [3.05, 3.63) is 29.3 Å². The third kappa shape index (κ3) is 3.51. The first-order valence-corrected chi connectivity index (χ1v) is 5.96. The Balaban J connectivity index is 2.73. The fourth-order valence-corrected chi connectivity index (χ4v) is 1.76. The molecule has 1 aromatic carbocycles. The zero-order chi connectivity index (χ0) is 12.0. The van der Waals surface area contributed by atoms with Gasteiger partial charge in [0.25, 0.3) is 0 Å². The summed E-state index contributed by atoms with van der Waals surface area (Å²) in [7, 11) is 0. The molecule has 3 heteroatoms. The van der Waals surface area contributed by atoms with Gasteiger partial charge in [0.1, 0.15) is 5.75 Å². The van der Waals surface area contributed by atoms with Gasteiger partial charge in [0, 0.05) is 18.2 Å². The summed E-state index contributed by atoms with van der Waals surface area (Å²) in [6, 6.07) is 5.37. The highest BCUT2D eigenvalue weighted by molar-refractivity contribution is 5.38. The second kappa shape index (κ2) is 6.51. The predicted octanol–water partition coefficient (Wildman–Crippen LogP) is 2.08. The van der Waals surface area contributed by atoms with Crippen LogP contribution in [0, 0.1) is 0 Å². The molecule has 5 N–H and O–H groups in total. The smallest absolute Gasteiger partial charge is 0.120 e. The number of benzene rings is 1. The van der Waals surface area contributed by atoms with Gasteiger partial charge in [-0.25, -0.2) is 0 Å². The number of aromatic hydroxyl groups is 1. The van der Waals surface area contributed by atoms with Crippen LogP contribution in [0.1, 0.15) is 43.4 Å². The summed E-state index contributed by atoms with van der Waals surface area (Å²) in [5.41, 5.74) is 13.3. The maximum Gasteiger partial charge on any atom is 0.120 e. The molecule has 0 aliphatic heterocycles. The molecule has 3 nitrogen and oxygen atoms in total. The summed E-state index contributed by atoms with van der Waals surface area (Å²) in [5.74, 6) is 0.247. The van der Waals surface area contributed by atoms with Gasteiger partial charge in [-0.3, -0.25) is 0 Å². The highest BCUT2D eigenvalue weighted by Crippen LogP contribution is 2.24. The summed E-state index contributed by atoms with van der Waals surface area (Å²) in [4.78, 5) is 0. The zero-order valence-electron chi connectivity index (χ0n) is 9.95. The van der Waals surface area contributed by atoms with Crippen LogP contribution >= 0.6 is 0 Å². The molecule has 1 aromatic rings. The van der Waals surface area contributed by atoms with E-state index in [9.17, 15) is 5.11 Å². The van der Waals surface area contributed by atoms with Crippen LogP contribution in [-0.4, -0.2) is 11.7 Å². The summed E-state index contributed by atoms with van der Waals surface area (Å²) < 4.78 is 0. The van der Waals surface area contributed by atoms with E-state index in [1.54, 1.807) is 6.07 Å². The van der Waals surface area contributed by atoms with E-state index in [0.717, 1.165) is 12.0 Å². The Morgan fingerprint density at radius 2 is 2.06 bits per heavy atom. The minimum absolute atomic E-state index is 0.247. The lowest BCUT2D eigenvalue weighted by Gasteiger charge is -2.13. The molecule has 90 valence electrons. The van der Waals surface area contributed by atoms with Gasteiger partial charge >= 0.3 is 0 Å².